The van der Waals surface area contributed by atoms with Crippen LogP contribution in [0.1, 0.15) is 25.5 Å². The van der Waals surface area contributed by atoms with Gasteiger partial charge >= 0.3 is 0 Å². The molecule has 1 aliphatic carbocycles. The Kier molecular flexibility index (Phi) is 3.86. The van der Waals surface area contributed by atoms with Crippen LogP contribution in [0, 0.1) is 5.92 Å². The predicted molar refractivity (Wildman–Crippen MR) is 78.4 cm³/mol. The van der Waals surface area contributed by atoms with Gasteiger partial charge in [0.25, 0.3) is 0 Å². The molecule has 20 heavy (non-hydrogen) atoms. The van der Waals surface area contributed by atoms with E-state index >= 15 is 0 Å². The molecule has 1 heterocycles. The zero-order valence-electron chi connectivity index (χ0n) is 11.7. The van der Waals surface area contributed by atoms with Gasteiger partial charge in [0, 0.05) is 11.8 Å². The SMILES string of the molecule is CCc1ccc(Oc2cccc(OCC3CC3)c2)cn1. The van der Waals surface area contributed by atoms with Gasteiger partial charge in [-0.1, -0.05) is 13.0 Å². The van der Waals surface area contributed by atoms with Crippen molar-refractivity contribution in [1.29, 1.82) is 0 Å². The van der Waals surface area contributed by atoms with Crippen molar-refractivity contribution in [3.63, 3.8) is 0 Å². The molecule has 0 saturated heterocycles. The number of nitrogens with zero attached hydrogens (tertiary/aromatic N) is 1. The van der Waals surface area contributed by atoms with Crippen LogP contribution < -0.4 is 9.47 Å². The second-order valence-electron chi connectivity index (χ2n) is 5.17. The molecule has 1 fully saturated rings. The summed E-state index contributed by atoms with van der Waals surface area (Å²) in [6.07, 6.45) is 5.29. The van der Waals surface area contributed by atoms with Crippen LogP contribution in [0.5, 0.6) is 17.2 Å². The Balaban J connectivity index is 1.64. The highest BCUT2D eigenvalue weighted by Gasteiger charge is 2.21. The molecule has 3 rings (SSSR count). The second-order valence-corrected chi connectivity index (χ2v) is 5.17. The highest BCUT2D eigenvalue weighted by Crippen LogP contribution is 2.30. The number of hydrogen-bond donors (Lipinski definition) is 0. The third-order valence-electron chi connectivity index (χ3n) is 3.38. The zero-order valence-corrected chi connectivity index (χ0v) is 11.7. The Morgan fingerprint density at radius 1 is 1.10 bits per heavy atom. The minimum Gasteiger partial charge on any atom is -0.493 e. The Bertz CT molecular complexity index is 561. The standard InChI is InChI=1S/C17H19NO2/c1-2-14-8-9-17(11-18-14)20-16-5-3-4-15(10-16)19-12-13-6-7-13/h3-5,8-11,13H,2,6-7,12H2,1H3. The smallest absolute Gasteiger partial charge is 0.145 e. The summed E-state index contributed by atoms with van der Waals surface area (Å²) in [4.78, 5) is 4.33. The van der Waals surface area contributed by atoms with E-state index in [4.69, 9.17) is 9.47 Å². The van der Waals surface area contributed by atoms with E-state index in [1.165, 1.54) is 12.8 Å². The van der Waals surface area contributed by atoms with Gasteiger partial charge in [0.15, 0.2) is 0 Å². The summed E-state index contributed by atoms with van der Waals surface area (Å²) in [5, 5.41) is 0. The van der Waals surface area contributed by atoms with Crippen LogP contribution in [-0.2, 0) is 6.42 Å². The molecule has 104 valence electrons. The maximum Gasteiger partial charge on any atom is 0.145 e. The van der Waals surface area contributed by atoms with E-state index in [1.807, 2.05) is 36.4 Å². The van der Waals surface area contributed by atoms with Crippen LogP contribution in [0.3, 0.4) is 0 Å². The molecule has 3 heteroatoms. The first kappa shape index (κ1) is 13.0. The van der Waals surface area contributed by atoms with E-state index < -0.39 is 0 Å². The third kappa shape index (κ3) is 3.50. The molecule has 1 aromatic carbocycles. The molecule has 0 spiro atoms. The molecule has 0 atom stereocenters. The zero-order chi connectivity index (χ0) is 13.8. The lowest BCUT2D eigenvalue weighted by atomic mass is 10.3. The Morgan fingerprint density at radius 2 is 1.95 bits per heavy atom. The van der Waals surface area contributed by atoms with Crippen molar-refractivity contribution in [3.05, 3.63) is 48.3 Å². The highest BCUT2D eigenvalue weighted by molar-refractivity contribution is 5.36. The fourth-order valence-corrected chi connectivity index (χ4v) is 1.94. The first-order chi connectivity index (χ1) is 9.83. The number of aromatic nitrogens is 1. The van der Waals surface area contributed by atoms with Crippen molar-refractivity contribution in [1.82, 2.24) is 4.98 Å². The lowest BCUT2D eigenvalue weighted by molar-refractivity contribution is 0.298. The number of ether oxygens (including phenoxy) is 2. The molecule has 1 aliphatic rings. The van der Waals surface area contributed by atoms with Crippen LogP contribution in [0.4, 0.5) is 0 Å². The average Bonchev–Trinajstić information content (AvgIpc) is 3.31. The monoisotopic (exact) mass is 269 g/mol. The van der Waals surface area contributed by atoms with Crippen LogP contribution in [0.25, 0.3) is 0 Å². The molecule has 3 nitrogen and oxygen atoms in total. The molecule has 0 unspecified atom stereocenters. The molecule has 0 aliphatic heterocycles. The maximum absolute atomic E-state index is 5.80. The number of hydrogen-bond acceptors (Lipinski definition) is 3. The predicted octanol–water partition coefficient (Wildman–Crippen LogP) is 4.23. The lowest BCUT2D eigenvalue weighted by Crippen LogP contribution is -1.98. The summed E-state index contributed by atoms with van der Waals surface area (Å²) in [7, 11) is 0. The minimum atomic E-state index is 0.751. The summed E-state index contributed by atoms with van der Waals surface area (Å²) < 4.78 is 11.5. The van der Waals surface area contributed by atoms with Crippen molar-refractivity contribution in [2.75, 3.05) is 6.61 Å². The van der Waals surface area contributed by atoms with E-state index in [2.05, 4.69) is 11.9 Å². The number of aryl methyl sites for hydroxylation is 1. The summed E-state index contributed by atoms with van der Waals surface area (Å²) >= 11 is 0. The Hall–Kier alpha value is -2.03. The van der Waals surface area contributed by atoms with Crippen LogP contribution in [0.2, 0.25) is 0 Å². The number of rotatable bonds is 6. The molecule has 1 aromatic heterocycles. The maximum atomic E-state index is 5.80. The van der Waals surface area contributed by atoms with Crippen LogP contribution in [-0.4, -0.2) is 11.6 Å². The third-order valence-corrected chi connectivity index (χ3v) is 3.38. The quantitative estimate of drug-likeness (QED) is 0.786. The molecular formula is C17H19NO2. The van der Waals surface area contributed by atoms with E-state index in [1.54, 1.807) is 6.20 Å². The van der Waals surface area contributed by atoms with Crippen molar-refractivity contribution >= 4 is 0 Å². The van der Waals surface area contributed by atoms with Gasteiger partial charge in [-0.15, -0.1) is 0 Å². The molecule has 0 bridgehead atoms. The van der Waals surface area contributed by atoms with Gasteiger partial charge in [0.1, 0.15) is 17.2 Å². The summed E-state index contributed by atoms with van der Waals surface area (Å²) in [6.45, 7) is 2.90. The largest absolute Gasteiger partial charge is 0.493 e. The number of pyridine rings is 1. The van der Waals surface area contributed by atoms with Gasteiger partial charge in [-0.25, -0.2) is 0 Å². The topological polar surface area (TPSA) is 31.4 Å². The lowest BCUT2D eigenvalue weighted by Gasteiger charge is -2.09. The van der Waals surface area contributed by atoms with Crippen molar-refractivity contribution < 1.29 is 9.47 Å². The normalized spacial score (nSPS) is 14.1. The average molecular weight is 269 g/mol. The second kappa shape index (κ2) is 5.95. The van der Waals surface area contributed by atoms with Gasteiger partial charge in [0.05, 0.1) is 12.8 Å². The summed E-state index contributed by atoms with van der Waals surface area (Å²) in [6, 6.07) is 11.7. The fraction of sp³-hybridized carbons (Fsp3) is 0.353. The van der Waals surface area contributed by atoms with Gasteiger partial charge in [0.2, 0.25) is 0 Å². The number of benzene rings is 1. The van der Waals surface area contributed by atoms with Crippen molar-refractivity contribution in [2.45, 2.75) is 26.2 Å². The Labute approximate surface area is 119 Å². The van der Waals surface area contributed by atoms with E-state index in [0.29, 0.717) is 0 Å². The van der Waals surface area contributed by atoms with Gasteiger partial charge < -0.3 is 9.47 Å². The highest BCUT2D eigenvalue weighted by atomic mass is 16.5. The molecule has 0 amide bonds. The van der Waals surface area contributed by atoms with Gasteiger partial charge in [-0.05, 0) is 49.4 Å². The minimum absolute atomic E-state index is 0.751. The van der Waals surface area contributed by atoms with E-state index in [9.17, 15) is 0 Å². The Morgan fingerprint density at radius 3 is 2.65 bits per heavy atom. The molecular weight excluding hydrogens is 250 g/mol. The van der Waals surface area contributed by atoms with Crippen molar-refractivity contribution in [3.8, 4) is 17.2 Å². The molecule has 2 aromatic rings. The molecule has 0 N–H and O–H groups in total. The summed E-state index contributed by atoms with van der Waals surface area (Å²) in [5.41, 5.74) is 1.07. The van der Waals surface area contributed by atoms with E-state index in [-0.39, 0.29) is 0 Å². The van der Waals surface area contributed by atoms with Crippen molar-refractivity contribution in [2.24, 2.45) is 5.92 Å². The fourth-order valence-electron chi connectivity index (χ4n) is 1.94. The summed E-state index contributed by atoms with van der Waals surface area (Å²) in [5.74, 6) is 3.16. The first-order valence-electron chi connectivity index (χ1n) is 7.19. The van der Waals surface area contributed by atoms with Crippen LogP contribution in [0.15, 0.2) is 42.6 Å². The first-order valence-corrected chi connectivity index (χ1v) is 7.19. The van der Waals surface area contributed by atoms with E-state index in [0.717, 1.165) is 41.9 Å². The van der Waals surface area contributed by atoms with Gasteiger partial charge in [-0.3, -0.25) is 4.98 Å². The van der Waals surface area contributed by atoms with Crippen LogP contribution >= 0.6 is 0 Å². The molecule has 1 saturated carbocycles. The molecule has 0 radical (unpaired) electrons. The van der Waals surface area contributed by atoms with Gasteiger partial charge in [-0.2, -0.15) is 0 Å².